The second kappa shape index (κ2) is 7.15. The van der Waals surface area contributed by atoms with Crippen molar-refractivity contribution in [3.63, 3.8) is 0 Å². The number of rotatable bonds is 4. The summed E-state index contributed by atoms with van der Waals surface area (Å²) < 4.78 is 17.4. The van der Waals surface area contributed by atoms with Crippen molar-refractivity contribution in [1.29, 1.82) is 0 Å². The fourth-order valence-corrected chi connectivity index (χ4v) is 4.20. The highest BCUT2D eigenvalue weighted by atomic mass is 35.5. The van der Waals surface area contributed by atoms with E-state index >= 15 is 0 Å². The molecule has 0 bridgehead atoms. The number of nitrogens with zero attached hydrogens (tertiary/aromatic N) is 5. The maximum atomic E-state index is 13.5. The predicted octanol–water partition coefficient (Wildman–Crippen LogP) is 4.37. The van der Waals surface area contributed by atoms with Gasteiger partial charge in [0.15, 0.2) is 5.65 Å². The Morgan fingerprint density at radius 1 is 1.31 bits per heavy atom. The quantitative estimate of drug-likeness (QED) is 0.542. The van der Waals surface area contributed by atoms with Crippen molar-refractivity contribution >= 4 is 23.2 Å². The van der Waals surface area contributed by atoms with Gasteiger partial charge in [-0.25, -0.2) is 8.91 Å². The van der Waals surface area contributed by atoms with Gasteiger partial charge in [-0.3, -0.25) is 4.68 Å². The Hall–Kier alpha value is -2.93. The summed E-state index contributed by atoms with van der Waals surface area (Å²) in [5.41, 5.74) is 4.98. The molecule has 1 aliphatic rings. The van der Waals surface area contributed by atoms with Crippen LogP contribution in [0.3, 0.4) is 0 Å². The molecule has 5 rings (SSSR count). The summed E-state index contributed by atoms with van der Waals surface area (Å²) in [6.45, 7) is 3.02. The van der Waals surface area contributed by atoms with E-state index < -0.39 is 5.82 Å². The van der Waals surface area contributed by atoms with Gasteiger partial charge < -0.3 is 5.32 Å². The Morgan fingerprint density at radius 2 is 2.21 bits per heavy atom. The third-order valence-electron chi connectivity index (χ3n) is 5.46. The molecule has 0 amide bonds. The van der Waals surface area contributed by atoms with E-state index in [1.807, 2.05) is 24.5 Å². The highest BCUT2D eigenvalue weighted by Gasteiger charge is 2.23. The normalized spacial score (nSPS) is 16.2. The van der Waals surface area contributed by atoms with Crippen LogP contribution in [0.2, 0.25) is 5.02 Å². The molecule has 0 fully saturated rings. The van der Waals surface area contributed by atoms with Crippen LogP contribution in [0.15, 0.2) is 42.7 Å². The van der Waals surface area contributed by atoms with Gasteiger partial charge in [0.05, 0.1) is 11.2 Å². The lowest BCUT2D eigenvalue weighted by atomic mass is 9.93. The van der Waals surface area contributed by atoms with Crippen molar-refractivity contribution in [1.82, 2.24) is 24.4 Å². The largest absolute Gasteiger partial charge is 0.350 e. The van der Waals surface area contributed by atoms with E-state index in [4.69, 9.17) is 16.6 Å². The third kappa shape index (κ3) is 3.25. The molecule has 3 heterocycles. The van der Waals surface area contributed by atoms with Crippen LogP contribution in [0.1, 0.15) is 24.6 Å². The maximum absolute atomic E-state index is 13.5. The van der Waals surface area contributed by atoms with Crippen LogP contribution in [-0.2, 0) is 19.4 Å². The van der Waals surface area contributed by atoms with Crippen LogP contribution in [0.25, 0.3) is 16.8 Å². The molecule has 148 valence electrons. The molecular weight excluding hydrogens is 391 g/mol. The van der Waals surface area contributed by atoms with E-state index in [2.05, 4.69) is 27.1 Å². The number of anilines is 1. The van der Waals surface area contributed by atoms with Crippen LogP contribution in [0.5, 0.6) is 0 Å². The lowest BCUT2D eigenvalue weighted by Crippen LogP contribution is -2.28. The van der Waals surface area contributed by atoms with Gasteiger partial charge in [-0.05, 0) is 61.6 Å². The minimum absolute atomic E-state index is 0.0907. The summed E-state index contributed by atoms with van der Waals surface area (Å²) in [6, 6.07) is 8.77. The van der Waals surface area contributed by atoms with E-state index in [1.165, 1.54) is 17.3 Å². The summed E-state index contributed by atoms with van der Waals surface area (Å²) in [7, 11) is 0. The minimum atomic E-state index is -0.436. The lowest BCUT2D eigenvalue weighted by Gasteiger charge is -2.23. The molecule has 0 spiro atoms. The molecule has 3 aromatic heterocycles. The first-order valence-corrected chi connectivity index (χ1v) is 10.1. The zero-order chi connectivity index (χ0) is 20.0. The van der Waals surface area contributed by atoms with Crippen molar-refractivity contribution in [3.05, 3.63) is 64.8 Å². The first kappa shape index (κ1) is 18.1. The first-order valence-electron chi connectivity index (χ1n) is 9.73. The minimum Gasteiger partial charge on any atom is -0.350 e. The van der Waals surface area contributed by atoms with Crippen molar-refractivity contribution in [2.45, 2.75) is 38.8 Å². The molecular formula is C21H20ClFN6. The van der Waals surface area contributed by atoms with E-state index in [0.29, 0.717) is 11.6 Å². The monoisotopic (exact) mass is 410 g/mol. The van der Waals surface area contributed by atoms with Gasteiger partial charge >= 0.3 is 0 Å². The number of fused-ring (bicyclic) bond motifs is 2. The SMILES string of the molecule is CCn1ncc2c1CC[C@H](Nc1nc3c(-c4ccc(F)c(Cl)c4)cccn3n1)C2. The summed E-state index contributed by atoms with van der Waals surface area (Å²) in [5.74, 6) is 0.149. The number of aromatic nitrogens is 5. The van der Waals surface area contributed by atoms with Crippen molar-refractivity contribution in [3.8, 4) is 11.1 Å². The number of hydrogen-bond acceptors (Lipinski definition) is 4. The predicted molar refractivity (Wildman–Crippen MR) is 111 cm³/mol. The number of halogens is 2. The second-order valence-corrected chi connectivity index (χ2v) is 7.68. The molecule has 1 aromatic carbocycles. The van der Waals surface area contributed by atoms with E-state index in [9.17, 15) is 4.39 Å². The van der Waals surface area contributed by atoms with Gasteiger partial charge in [0, 0.05) is 30.0 Å². The average molecular weight is 411 g/mol. The van der Waals surface area contributed by atoms with Crippen molar-refractivity contribution < 1.29 is 4.39 Å². The fourth-order valence-electron chi connectivity index (χ4n) is 4.02. The standard InChI is InChI=1S/C21H20ClFN6/c1-2-28-19-8-6-15(10-14(19)12-24-28)25-21-26-20-16(4-3-9-29(20)27-21)13-5-7-18(23)17(22)11-13/h3-5,7,9,11-12,15H,2,6,8,10H2,1H3,(H,25,27)/t15-/m0/s1. The second-order valence-electron chi connectivity index (χ2n) is 7.27. The molecule has 8 heteroatoms. The van der Waals surface area contributed by atoms with Gasteiger partial charge in [-0.15, -0.1) is 5.10 Å². The van der Waals surface area contributed by atoms with Crippen LogP contribution in [-0.4, -0.2) is 30.4 Å². The number of benzene rings is 1. The molecule has 0 unspecified atom stereocenters. The number of hydrogen-bond donors (Lipinski definition) is 1. The van der Waals surface area contributed by atoms with Gasteiger partial charge in [0.1, 0.15) is 5.82 Å². The average Bonchev–Trinajstić information content (AvgIpc) is 3.32. The molecule has 0 aliphatic heterocycles. The molecule has 1 N–H and O–H groups in total. The van der Waals surface area contributed by atoms with Crippen molar-refractivity contribution in [2.24, 2.45) is 0 Å². The van der Waals surface area contributed by atoms with E-state index in [0.717, 1.165) is 36.9 Å². The molecule has 0 saturated heterocycles. The van der Waals surface area contributed by atoms with Gasteiger partial charge in [-0.2, -0.15) is 10.1 Å². The number of nitrogens with one attached hydrogen (secondary N) is 1. The molecule has 0 saturated carbocycles. The molecule has 6 nitrogen and oxygen atoms in total. The Balaban J connectivity index is 1.43. The molecule has 0 radical (unpaired) electrons. The Kier molecular flexibility index (Phi) is 4.47. The third-order valence-corrected chi connectivity index (χ3v) is 5.75. The Labute approximate surface area is 172 Å². The summed E-state index contributed by atoms with van der Waals surface area (Å²) >= 11 is 5.97. The molecule has 1 aliphatic carbocycles. The van der Waals surface area contributed by atoms with Crippen LogP contribution in [0.4, 0.5) is 10.3 Å². The van der Waals surface area contributed by atoms with Gasteiger partial charge in [-0.1, -0.05) is 17.7 Å². The van der Waals surface area contributed by atoms with E-state index in [1.54, 1.807) is 16.6 Å². The highest BCUT2D eigenvalue weighted by molar-refractivity contribution is 6.31. The maximum Gasteiger partial charge on any atom is 0.243 e. The van der Waals surface area contributed by atoms with Crippen LogP contribution < -0.4 is 5.32 Å². The number of aryl methyl sites for hydroxylation is 1. The fraction of sp³-hybridized carbons (Fsp3) is 0.286. The molecule has 1 atom stereocenters. The Bertz CT molecular complexity index is 1200. The topological polar surface area (TPSA) is 60.0 Å². The highest BCUT2D eigenvalue weighted by Crippen LogP contribution is 2.29. The summed E-state index contributed by atoms with van der Waals surface area (Å²) in [4.78, 5) is 4.70. The van der Waals surface area contributed by atoms with Gasteiger partial charge in [0.2, 0.25) is 5.95 Å². The first-order chi connectivity index (χ1) is 14.1. The zero-order valence-electron chi connectivity index (χ0n) is 15.9. The lowest BCUT2D eigenvalue weighted by molar-refractivity contribution is 0.552. The molecule has 4 aromatic rings. The zero-order valence-corrected chi connectivity index (χ0v) is 16.7. The van der Waals surface area contributed by atoms with Crippen LogP contribution in [0, 0.1) is 5.82 Å². The van der Waals surface area contributed by atoms with E-state index in [-0.39, 0.29) is 11.1 Å². The molecule has 29 heavy (non-hydrogen) atoms. The van der Waals surface area contributed by atoms with Gasteiger partial charge in [0.25, 0.3) is 0 Å². The summed E-state index contributed by atoms with van der Waals surface area (Å²) in [6.07, 6.45) is 6.74. The van der Waals surface area contributed by atoms with Crippen LogP contribution >= 0.6 is 11.6 Å². The Morgan fingerprint density at radius 3 is 3.03 bits per heavy atom. The summed E-state index contributed by atoms with van der Waals surface area (Å²) in [5, 5.41) is 12.6. The number of pyridine rings is 1. The smallest absolute Gasteiger partial charge is 0.243 e. The van der Waals surface area contributed by atoms with Crippen molar-refractivity contribution in [2.75, 3.05) is 5.32 Å².